The van der Waals surface area contributed by atoms with E-state index in [1.54, 1.807) is 12.1 Å². The van der Waals surface area contributed by atoms with Crippen LogP contribution in [-0.4, -0.2) is 41.6 Å². The van der Waals surface area contributed by atoms with E-state index < -0.39 is 0 Å². The largest absolute Gasteiger partial charge is 0.360 e. The number of nitrogens with zero attached hydrogens (tertiary/aromatic N) is 1. The lowest BCUT2D eigenvalue weighted by Crippen LogP contribution is -2.43. The number of thiocarbonyl (C=S) groups is 1. The molecular formula is C17H26BrN3OS. The summed E-state index contributed by atoms with van der Waals surface area (Å²) in [6.45, 7) is 9.70. The minimum atomic E-state index is -0.195. The van der Waals surface area contributed by atoms with Crippen molar-refractivity contribution in [2.45, 2.75) is 39.7 Å². The van der Waals surface area contributed by atoms with Crippen molar-refractivity contribution < 1.29 is 4.79 Å². The van der Waals surface area contributed by atoms with E-state index in [0.717, 1.165) is 36.9 Å². The van der Waals surface area contributed by atoms with E-state index in [2.05, 4.69) is 52.2 Å². The summed E-state index contributed by atoms with van der Waals surface area (Å²) in [6.07, 6.45) is 2.13. The molecule has 1 unspecified atom stereocenters. The summed E-state index contributed by atoms with van der Waals surface area (Å²) in [5.74, 6) is -0.195. The van der Waals surface area contributed by atoms with Crippen molar-refractivity contribution in [2.24, 2.45) is 0 Å². The molecular weight excluding hydrogens is 374 g/mol. The van der Waals surface area contributed by atoms with Crippen molar-refractivity contribution >= 4 is 39.2 Å². The normalized spacial score (nSPS) is 12.0. The molecule has 6 heteroatoms. The van der Waals surface area contributed by atoms with E-state index in [1.807, 2.05) is 12.1 Å². The number of halogens is 1. The quantitative estimate of drug-likeness (QED) is 0.655. The zero-order valence-electron chi connectivity index (χ0n) is 14.1. The molecule has 0 saturated heterocycles. The molecule has 0 fully saturated rings. The van der Waals surface area contributed by atoms with E-state index in [-0.39, 0.29) is 11.9 Å². The van der Waals surface area contributed by atoms with Crippen LogP contribution in [0.25, 0.3) is 0 Å². The Bertz CT molecular complexity index is 520. The van der Waals surface area contributed by atoms with E-state index in [4.69, 9.17) is 12.2 Å². The van der Waals surface area contributed by atoms with Crippen LogP contribution in [0.3, 0.4) is 0 Å². The molecule has 0 aliphatic rings. The minimum absolute atomic E-state index is 0.195. The molecule has 0 aliphatic carbocycles. The van der Waals surface area contributed by atoms with Gasteiger partial charge in [-0.15, -0.1) is 0 Å². The van der Waals surface area contributed by atoms with E-state index in [0.29, 0.717) is 10.7 Å². The maximum Gasteiger partial charge on any atom is 0.257 e. The number of carbonyl (C=O) groups excluding carboxylic acids is 1. The second-order valence-electron chi connectivity index (χ2n) is 5.51. The van der Waals surface area contributed by atoms with E-state index >= 15 is 0 Å². The fraction of sp³-hybridized carbons (Fsp3) is 0.529. The van der Waals surface area contributed by atoms with Gasteiger partial charge < -0.3 is 10.2 Å². The summed E-state index contributed by atoms with van der Waals surface area (Å²) in [5.41, 5.74) is 0.581. The van der Waals surface area contributed by atoms with E-state index in [9.17, 15) is 4.79 Å². The highest BCUT2D eigenvalue weighted by Crippen LogP contribution is 2.11. The smallest absolute Gasteiger partial charge is 0.257 e. The van der Waals surface area contributed by atoms with Crippen molar-refractivity contribution in [3.05, 3.63) is 34.3 Å². The molecule has 128 valence electrons. The summed E-state index contributed by atoms with van der Waals surface area (Å²) in [7, 11) is 0. The highest BCUT2D eigenvalue weighted by Gasteiger charge is 2.10. The van der Waals surface area contributed by atoms with Gasteiger partial charge in [0.15, 0.2) is 5.11 Å². The molecule has 23 heavy (non-hydrogen) atoms. The molecule has 0 heterocycles. The minimum Gasteiger partial charge on any atom is -0.360 e. The van der Waals surface area contributed by atoms with Crippen LogP contribution in [0.2, 0.25) is 0 Å². The number of nitrogens with one attached hydrogen (secondary N) is 2. The highest BCUT2D eigenvalue weighted by atomic mass is 79.9. The van der Waals surface area contributed by atoms with Gasteiger partial charge in [-0.3, -0.25) is 10.1 Å². The Kier molecular flexibility index (Phi) is 9.36. The predicted octanol–water partition coefficient (Wildman–Crippen LogP) is 3.56. The topological polar surface area (TPSA) is 44.4 Å². The average Bonchev–Trinajstić information content (AvgIpc) is 2.51. The molecule has 0 spiro atoms. The number of hydrogen-bond acceptors (Lipinski definition) is 3. The van der Waals surface area contributed by atoms with Gasteiger partial charge in [0.05, 0.1) is 0 Å². The summed E-state index contributed by atoms with van der Waals surface area (Å²) in [4.78, 5) is 14.5. The molecule has 1 amide bonds. The Balaban J connectivity index is 2.34. The van der Waals surface area contributed by atoms with Crippen LogP contribution in [0.5, 0.6) is 0 Å². The van der Waals surface area contributed by atoms with E-state index in [1.165, 1.54) is 0 Å². The van der Waals surface area contributed by atoms with Crippen molar-refractivity contribution in [3.63, 3.8) is 0 Å². The number of benzene rings is 1. The third-order valence-electron chi connectivity index (χ3n) is 3.70. The van der Waals surface area contributed by atoms with Crippen LogP contribution in [0.1, 0.15) is 44.0 Å². The number of carbonyl (C=O) groups is 1. The molecule has 0 aliphatic heterocycles. The maximum absolute atomic E-state index is 12.1. The van der Waals surface area contributed by atoms with Gasteiger partial charge in [0, 0.05) is 16.1 Å². The average molecular weight is 400 g/mol. The van der Waals surface area contributed by atoms with Gasteiger partial charge in [-0.05, 0) is 69.8 Å². The maximum atomic E-state index is 12.1. The summed E-state index contributed by atoms with van der Waals surface area (Å²) >= 11 is 8.58. The molecule has 1 aromatic rings. The molecule has 0 aromatic heterocycles. The first-order valence-electron chi connectivity index (χ1n) is 8.06. The molecule has 2 N–H and O–H groups in total. The molecule has 0 saturated carbocycles. The van der Waals surface area contributed by atoms with Gasteiger partial charge in [-0.25, -0.2) is 0 Å². The predicted molar refractivity (Wildman–Crippen MR) is 104 cm³/mol. The lowest BCUT2D eigenvalue weighted by Gasteiger charge is -2.20. The van der Waals surface area contributed by atoms with Crippen LogP contribution < -0.4 is 10.6 Å². The van der Waals surface area contributed by atoms with Crippen LogP contribution in [0.4, 0.5) is 0 Å². The third-order valence-corrected chi connectivity index (χ3v) is 4.41. The first-order chi connectivity index (χ1) is 11.0. The van der Waals surface area contributed by atoms with Crippen LogP contribution in [-0.2, 0) is 0 Å². The van der Waals surface area contributed by atoms with Crippen molar-refractivity contribution in [1.82, 2.24) is 15.5 Å². The first-order valence-corrected chi connectivity index (χ1v) is 9.26. The molecule has 0 bridgehead atoms. The Morgan fingerprint density at radius 2 is 2.04 bits per heavy atom. The van der Waals surface area contributed by atoms with Gasteiger partial charge in [-0.1, -0.05) is 35.8 Å². The van der Waals surface area contributed by atoms with Crippen molar-refractivity contribution in [1.29, 1.82) is 0 Å². The number of rotatable bonds is 8. The summed E-state index contributed by atoms with van der Waals surface area (Å²) in [6, 6.07) is 7.47. The lowest BCUT2D eigenvalue weighted by atomic mass is 10.2. The Morgan fingerprint density at radius 1 is 1.35 bits per heavy atom. The number of amides is 1. The monoisotopic (exact) mass is 399 g/mol. The molecule has 4 nitrogen and oxygen atoms in total. The first kappa shape index (κ1) is 20.1. The van der Waals surface area contributed by atoms with Crippen LogP contribution in [0.15, 0.2) is 28.7 Å². The van der Waals surface area contributed by atoms with Gasteiger partial charge in [0.2, 0.25) is 0 Å². The second kappa shape index (κ2) is 10.7. The standard InChI is InChI=1S/C17H26BrN3OS/c1-4-21(5-2)11-7-8-13(3)19-17(23)20-16(22)14-9-6-10-15(18)12-14/h6,9-10,12-13H,4-5,7-8,11H2,1-3H3,(H2,19,20,22,23). The van der Waals surface area contributed by atoms with Gasteiger partial charge in [0.1, 0.15) is 0 Å². The van der Waals surface area contributed by atoms with Crippen LogP contribution >= 0.6 is 28.1 Å². The summed E-state index contributed by atoms with van der Waals surface area (Å²) in [5, 5.41) is 6.28. The third kappa shape index (κ3) is 7.90. The Morgan fingerprint density at radius 3 is 2.65 bits per heavy atom. The lowest BCUT2D eigenvalue weighted by molar-refractivity contribution is 0.0976. The van der Waals surface area contributed by atoms with Crippen molar-refractivity contribution in [3.8, 4) is 0 Å². The van der Waals surface area contributed by atoms with Gasteiger partial charge >= 0.3 is 0 Å². The fourth-order valence-electron chi connectivity index (χ4n) is 2.30. The molecule has 0 radical (unpaired) electrons. The van der Waals surface area contributed by atoms with Crippen molar-refractivity contribution in [2.75, 3.05) is 19.6 Å². The SMILES string of the molecule is CCN(CC)CCCC(C)NC(=S)NC(=O)c1cccc(Br)c1. The Labute approximate surface area is 153 Å². The summed E-state index contributed by atoms with van der Waals surface area (Å²) < 4.78 is 0.869. The fourth-order valence-corrected chi connectivity index (χ4v) is 2.99. The second-order valence-corrected chi connectivity index (χ2v) is 6.83. The highest BCUT2D eigenvalue weighted by molar-refractivity contribution is 9.10. The van der Waals surface area contributed by atoms with Crippen LogP contribution in [0, 0.1) is 0 Å². The number of hydrogen-bond donors (Lipinski definition) is 2. The Hall–Kier alpha value is -0.980. The molecule has 1 rings (SSSR count). The van der Waals surface area contributed by atoms with Gasteiger partial charge in [0.25, 0.3) is 5.91 Å². The zero-order valence-corrected chi connectivity index (χ0v) is 16.5. The zero-order chi connectivity index (χ0) is 17.2. The molecule has 1 aromatic carbocycles. The van der Waals surface area contributed by atoms with Gasteiger partial charge in [-0.2, -0.15) is 0 Å². The molecule has 1 atom stereocenters.